The summed E-state index contributed by atoms with van der Waals surface area (Å²) >= 11 is 1.29. The zero-order valence-electron chi connectivity index (χ0n) is 13.9. The van der Waals surface area contributed by atoms with E-state index in [-0.39, 0.29) is 17.6 Å². The molecule has 6 nitrogen and oxygen atoms in total. The van der Waals surface area contributed by atoms with Gasteiger partial charge in [-0.1, -0.05) is 24.8 Å². The highest BCUT2D eigenvalue weighted by Crippen LogP contribution is 2.17. The van der Waals surface area contributed by atoms with Crippen molar-refractivity contribution >= 4 is 35.1 Å². The lowest BCUT2D eigenvalue weighted by Gasteiger charge is -2.07. The third-order valence-corrected chi connectivity index (χ3v) is 4.01. The summed E-state index contributed by atoms with van der Waals surface area (Å²) < 4.78 is 0. The number of nitrogens with one attached hydrogen (secondary N) is 2. The maximum Gasteiger partial charge on any atom is 0.234 e. The Bertz CT molecular complexity index is 712. The molecule has 2 amide bonds. The summed E-state index contributed by atoms with van der Waals surface area (Å²) in [6.45, 7) is 5.75. The molecule has 0 fully saturated rings. The van der Waals surface area contributed by atoms with Crippen LogP contribution >= 0.6 is 11.8 Å². The van der Waals surface area contributed by atoms with E-state index in [9.17, 15) is 9.59 Å². The fourth-order valence-corrected chi connectivity index (χ4v) is 2.69. The Hall–Kier alpha value is -2.41. The van der Waals surface area contributed by atoms with Gasteiger partial charge >= 0.3 is 0 Å². The Morgan fingerprint density at radius 1 is 1.00 bits per heavy atom. The van der Waals surface area contributed by atoms with E-state index in [0.717, 1.165) is 16.8 Å². The summed E-state index contributed by atoms with van der Waals surface area (Å²) in [5.41, 5.74) is 3.00. The van der Waals surface area contributed by atoms with Crippen LogP contribution in [0.15, 0.2) is 35.4 Å². The quantitative estimate of drug-likeness (QED) is 0.786. The van der Waals surface area contributed by atoms with Gasteiger partial charge in [0.25, 0.3) is 0 Å². The van der Waals surface area contributed by atoms with Gasteiger partial charge in [0, 0.05) is 12.1 Å². The van der Waals surface area contributed by atoms with Crippen molar-refractivity contribution < 1.29 is 9.59 Å². The number of anilines is 2. The third-order valence-electron chi connectivity index (χ3n) is 3.09. The van der Waals surface area contributed by atoms with E-state index in [1.807, 2.05) is 26.0 Å². The molecule has 0 unspecified atom stereocenters. The number of hydrogen-bond donors (Lipinski definition) is 2. The van der Waals surface area contributed by atoms with Crippen molar-refractivity contribution in [3.05, 3.63) is 41.5 Å². The van der Waals surface area contributed by atoms with Gasteiger partial charge in [0.15, 0.2) is 5.82 Å². The second kappa shape index (κ2) is 8.44. The normalized spacial score (nSPS) is 10.3. The van der Waals surface area contributed by atoms with Crippen LogP contribution in [0.5, 0.6) is 0 Å². The zero-order valence-corrected chi connectivity index (χ0v) is 14.7. The molecule has 2 N–H and O–H groups in total. The van der Waals surface area contributed by atoms with Crippen molar-refractivity contribution in [1.82, 2.24) is 10.2 Å². The molecule has 24 heavy (non-hydrogen) atoms. The summed E-state index contributed by atoms with van der Waals surface area (Å²) in [7, 11) is 0. The molecule has 1 aromatic heterocycles. The summed E-state index contributed by atoms with van der Waals surface area (Å²) in [6, 6.07) is 9.32. The molecule has 0 saturated heterocycles. The van der Waals surface area contributed by atoms with E-state index in [2.05, 4.69) is 26.9 Å². The van der Waals surface area contributed by atoms with Crippen LogP contribution in [0, 0.1) is 13.8 Å². The molecule has 0 bridgehead atoms. The molecule has 126 valence electrons. The van der Waals surface area contributed by atoms with Crippen molar-refractivity contribution in [3.63, 3.8) is 0 Å². The van der Waals surface area contributed by atoms with Crippen LogP contribution in [0.2, 0.25) is 0 Å². The monoisotopic (exact) mass is 344 g/mol. The average molecular weight is 344 g/mol. The Morgan fingerprint density at radius 3 is 2.29 bits per heavy atom. The standard InChI is InChI=1S/C17H20N4O2S/c1-4-15(22)19-14-5-6-17(21-20-14)24-10-16(23)18-13-8-11(2)7-12(3)9-13/h5-9H,4,10H2,1-3H3,(H,18,23)(H,19,20,22). The van der Waals surface area contributed by atoms with E-state index in [0.29, 0.717) is 17.3 Å². The van der Waals surface area contributed by atoms with Crippen LogP contribution in [0.1, 0.15) is 24.5 Å². The topological polar surface area (TPSA) is 84.0 Å². The summed E-state index contributed by atoms with van der Waals surface area (Å²) in [5.74, 6) is 0.432. The summed E-state index contributed by atoms with van der Waals surface area (Å²) in [4.78, 5) is 23.3. The molecule has 0 atom stereocenters. The van der Waals surface area contributed by atoms with Crippen molar-refractivity contribution in [2.75, 3.05) is 16.4 Å². The first-order valence-electron chi connectivity index (χ1n) is 7.61. The van der Waals surface area contributed by atoms with Crippen molar-refractivity contribution in [2.24, 2.45) is 0 Å². The number of thioether (sulfide) groups is 1. The van der Waals surface area contributed by atoms with Crippen LogP contribution in [-0.4, -0.2) is 27.8 Å². The van der Waals surface area contributed by atoms with E-state index in [1.165, 1.54) is 11.8 Å². The van der Waals surface area contributed by atoms with E-state index >= 15 is 0 Å². The first kappa shape index (κ1) is 17.9. The third kappa shape index (κ3) is 5.66. The van der Waals surface area contributed by atoms with Crippen molar-refractivity contribution in [2.45, 2.75) is 32.2 Å². The number of carbonyl (C=O) groups is 2. The molecular weight excluding hydrogens is 324 g/mol. The van der Waals surface area contributed by atoms with E-state index in [1.54, 1.807) is 19.1 Å². The first-order valence-corrected chi connectivity index (χ1v) is 8.59. The number of rotatable bonds is 6. The minimum absolute atomic E-state index is 0.102. The summed E-state index contributed by atoms with van der Waals surface area (Å²) in [5, 5.41) is 14.0. The van der Waals surface area contributed by atoms with Gasteiger partial charge in [-0.3, -0.25) is 9.59 Å². The number of hydrogen-bond acceptors (Lipinski definition) is 5. The second-order valence-electron chi connectivity index (χ2n) is 5.37. The fraction of sp³-hybridized carbons (Fsp3) is 0.294. The molecule has 0 saturated carbocycles. The van der Waals surface area contributed by atoms with Gasteiger partial charge in [0.2, 0.25) is 11.8 Å². The lowest BCUT2D eigenvalue weighted by Crippen LogP contribution is -2.14. The van der Waals surface area contributed by atoms with Gasteiger partial charge in [-0.15, -0.1) is 10.2 Å². The Balaban J connectivity index is 1.86. The van der Waals surface area contributed by atoms with Crippen molar-refractivity contribution in [3.8, 4) is 0 Å². The van der Waals surface area contributed by atoms with Gasteiger partial charge in [-0.25, -0.2) is 0 Å². The molecule has 2 aromatic rings. The number of carbonyl (C=O) groups excluding carboxylic acids is 2. The van der Waals surface area contributed by atoms with Crippen LogP contribution in [0.3, 0.4) is 0 Å². The maximum atomic E-state index is 12.0. The molecular formula is C17H20N4O2S. The lowest BCUT2D eigenvalue weighted by atomic mass is 10.1. The Kier molecular flexibility index (Phi) is 6.31. The molecule has 0 aliphatic heterocycles. The maximum absolute atomic E-state index is 12.0. The Morgan fingerprint density at radius 2 is 1.71 bits per heavy atom. The molecule has 0 spiro atoms. The van der Waals surface area contributed by atoms with E-state index < -0.39 is 0 Å². The first-order chi connectivity index (χ1) is 11.5. The van der Waals surface area contributed by atoms with Crippen LogP contribution < -0.4 is 10.6 Å². The minimum atomic E-state index is -0.113. The molecule has 7 heteroatoms. The predicted octanol–water partition coefficient (Wildman–Crippen LogP) is 3.17. The Labute approximate surface area is 145 Å². The molecule has 0 aliphatic rings. The van der Waals surface area contributed by atoms with Gasteiger partial charge in [-0.05, 0) is 49.2 Å². The van der Waals surface area contributed by atoms with Gasteiger partial charge < -0.3 is 10.6 Å². The average Bonchev–Trinajstić information content (AvgIpc) is 2.53. The van der Waals surface area contributed by atoms with Crippen LogP contribution in [0.25, 0.3) is 0 Å². The molecule has 2 rings (SSSR count). The highest BCUT2D eigenvalue weighted by Gasteiger charge is 2.07. The highest BCUT2D eigenvalue weighted by atomic mass is 32.2. The molecule has 1 heterocycles. The SMILES string of the molecule is CCC(=O)Nc1ccc(SCC(=O)Nc2cc(C)cc(C)c2)nn1. The van der Waals surface area contributed by atoms with Crippen LogP contribution in [0.4, 0.5) is 11.5 Å². The smallest absolute Gasteiger partial charge is 0.234 e. The number of nitrogens with zero attached hydrogens (tertiary/aromatic N) is 2. The lowest BCUT2D eigenvalue weighted by molar-refractivity contribution is -0.116. The summed E-state index contributed by atoms with van der Waals surface area (Å²) in [6.07, 6.45) is 0.386. The number of aryl methyl sites for hydroxylation is 2. The fourth-order valence-electron chi connectivity index (χ4n) is 2.08. The van der Waals surface area contributed by atoms with Crippen LogP contribution in [-0.2, 0) is 9.59 Å². The highest BCUT2D eigenvalue weighted by molar-refractivity contribution is 7.99. The molecule has 0 radical (unpaired) electrons. The minimum Gasteiger partial charge on any atom is -0.325 e. The molecule has 0 aliphatic carbocycles. The number of benzene rings is 1. The van der Waals surface area contributed by atoms with Gasteiger partial charge in [-0.2, -0.15) is 0 Å². The largest absolute Gasteiger partial charge is 0.325 e. The second-order valence-corrected chi connectivity index (χ2v) is 6.37. The van der Waals surface area contributed by atoms with E-state index in [4.69, 9.17) is 0 Å². The van der Waals surface area contributed by atoms with Gasteiger partial charge in [0.1, 0.15) is 5.03 Å². The predicted molar refractivity (Wildman–Crippen MR) is 96.2 cm³/mol. The number of aromatic nitrogens is 2. The molecule has 1 aromatic carbocycles. The van der Waals surface area contributed by atoms with Crippen molar-refractivity contribution in [1.29, 1.82) is 0 Å². The zero-order chi connectivity index (χ0) is 17.5. The number of amides is 2. The van der Waals surface area contributed by atoms with Gasteiger partial charge in [0.05, 0.1) is 5.75 Å².